The lowest BCUT2D eigenvalue weighted by Gasteiger charge is -2.60. The third kappa shape index (κ3) is 1.99. The topological polar surface area (TPSA) is 50.2 Å². The van der Waals surface area contributed by atoms with Gasteiger partial charge < -0.3 is 5.11 Å². The number of aromatic nitrogens is 1. The minimum atomic E-state index is -0.478. The molecule has 0 aliphatic heterocycles. The van der Waals surface area contributed by atoms with Crippen molar-refractivity contribution in [1.29, 1.82) is 0 Å². The fraction of sp³-hybridized carbons (Fsp3) is 0.647. The Kier molecular flexibility index (Phi) is 2.59. The Morgan fingerprint density at radius 2 is 2.00 bits per heavy atom. The molecule has 3 heteroatoms. The predicted octanol–water partition coefficient (Wildman–Crippen LogP) is 2.99. The summed E-state index contributed by atoms with van der Waals surface area (Å²) in [6.45, 7) is 0. The van der Waals surface area contributed by atoms with E-state index < -0.39 is 5.60 Å². The number of rotatable bonds is 3. The molecule has 2 atom stereocenters. The summed E-state index contributed by atoms with van der Waals surface area (Å²) in [4.78, 5) is 16.7. The Morgan fingerprint density at radius 1 is 1.25 bits per heavy atom. The van der Waals surface area contributed by atoms with Gasteiger partial charge >= 0.3 is 0 Å². The number of carbonyl (C=O) groups excluding carboxylic acids is 1. The first-order valence-electron chi connectivity index (χ1n) is 7.73. The van der Waals surface area contributed by atoms with Crippen LogP contribution < -0.4 is 0 Å². The number of aliphatic hydroxyl groups is 1. The number of Topliss-reactive ketones (excluding diaryl/α,β-unsaturated/α-hetero) is 1. The third-order valence-corrected chi connectivity index (χ3v) is 5.64. The maximum atomic E-state index is 12.5. The number of pyridine rings is 1. The van der Waals surface area contributed by atoms with Crippen molar-refractivity contribution < 1.29 is 9.90 Å². The summed E-state index contributed by atoms with van der Waals surface area (Å²) in [5.74, 6) is 1.42. The van der Waals surface area contributed by atoms with Gasteiger partial charge in [0.2, 0.25) is 0 Å². The number of ketones is 1. The van der Waals surface area contributed by atoms with E-state index in [1.165, 1.54) is 6.42 Å². The van der Waals surface area contributed by atoms with Gasteiger partial charge in [0.1, 0.15) is 5.69 Å². The lowest BCUT2D eigenvalue weighted by Crippen LogP contribution is -2.56. The molecule has 1 N–H and O–H groups in total. The fourth-order valence-electron chi connectivity index (χ4n) is 5.57. The third-order valence-electron chi connectivity index (χ3n) is 5.64. The van der Waals surface area contributed by atoms with Crippen molar-refractivity contribution in [3.05, 3.63) is 30.1 Å². The van der Waals surface area contributed by atoms with E-state index in [-0.39, 0.29) is 11.2 Å². The van der Waals surface area contributed by atoms with Gasteiger partial charge in [-0.25, -0.2) is 0 Å². The average Bonchev–Trinajstić information content (AvgIpc) is 2.36. The van der Waals surface area contributed by atoms with Crippen LogP contribution in [0.25, 0.3) is 0 Å². The molecule has 3 nitrogen and oxygen atoms in total. The highest BCUT2D eigenvalue weighted by molar-refractivity contribution is 5.94. The molecule has 1 heterocycles. The summed E-state index contributed by atoms with van der Waals surface area (Å²) in [5.41, 5.74) is 0.150. The van der Waals surface area contributed by atoms with Crippen LogP contribution in [0.5, 0.6) is 0 Å². The molecule has 0 aromatic carbocycles. The summed E-state index contributed by atoms with van der Waals surface area (Å²) < 4.78 is 0. The first-order valence-corrected chi connectivity index (χ1v) is 7.73. The molecule has 0 spiro atoms. The van der Waals surface area contributed by atoms with E-state index in [0.29, 0.717) is 24.0 Å². The van der Waals surface area contributed by atoms with Crippen LogP contribution in [0, 0.1) is 17.3 Å². The van der Waals surface area contributed by atoms with Crippen molar-refractivity contribution in [2.75, 3.05) is 0 Å². The standard InChI is InChI=1S/C17H21NO2/c19-15(14-3-1-2-4-18-14)10-16-6-12-5-13(7-16)9-17(20,8-12)11-16/h1-4,12-13,20H,5-11H2. The van der Waals surface area contributed by atoms with Gasteiger partial charge in [0.25, 0.3) is 0 Å². The lowest BCUT2D eigenvalue weighted by molar-refractivity contribution is -0.162. The smallest absolute Gasteiger partial charge is 0.181 e. The highest BCUT2D eigenvalue weighted by Crippen LogP contribution is 2.62. The highest BCUT2D eigenvalue weighted by Gasteiger charge is 2.57. The van der Waals surface area contributed by atoms with Gasteiger partial charge in [-0.05, 0) is 67.9 Å². The predicted molar refractivity (Wildman–Crippen MR) is 75.2 cm³/mol. The Bertz CT molecular complexity index is 525. The first kappa shape index (κ1) is 12.5. The SMILES string of the molecule is O=C(CC12CC3CC(CC(O)(C3)C1)C2)c1ccccn1. The second-order valence-electron chi connectivity index (χ2n) is 7.50. The minimum absolute atomic E-state index is 0.0490. The molecular weight excluding hydrogens is 250 g/mol. The Morgan fingerprint density at radius 3 is 2.60 bits per heavy atom. The summed E-state index contributed by atoms with van der Waals surface area (Å²) >= 11 is 0. The average molecular weight is 271 g/mol. The van der Waals surface area contributed by atoms with Crippen LogP contribution in [0.3, 0.4) is 0 Å². The van der Waals surface area contributed by atoms with E-state index in [1.54, 1.807) is 12.3 Å². The van der Waals surface area contributed by atoms with E-state index in [0.717, 1.165) is 32.1 Å². The number of carbonyl (C=O) groups is 1. The summed E-state index contributed by atoms with van der Waals surface area (Å²) in [7, 11) is 0. The zero-order valence-electron chi connectivity index (χ0n) is 11.7. The molecule has 4 saturated carbocycles. The van der Waals surface area contributed by atoms with Gasteiger partial charge in [-0.1, -0.05) is 6.07 Å². The summed E-state index contributed by atoms with van der Waals surface area (Å²) in [6.07, 6.45) is 8.52. The molecule has 0 saturated heterocycles. The maximum absolute atomic E-state index is 12.5. The van der Waals surface area contributed by atoms with E-state index in [4.69, 9.17) is 0 Å². The monoisotopic (exact) mass is 271 g/mol. The first-order chi connectivity index (χ1) is 9.56. The number of nitrogens with zero attached hydrogens (tertiary/aromatic N) is 1. The van der Waals surface area contributed by atoms with Crippen LogP contribution in [0.1, 0.15) is 55.4 Å². The molecule has 4 aliphatic rings. The Labute approximate surface area is 119 Å². The Hall–Kier alpha value is -1.22. The molecule has 4 aliphatic carbocycles. The van der Waals surface area contributed by atoms with Crippen LogP contribution in [0.15, 0.2) is 24.4 Å². The van der Waals surface area contributed by atoms with Crippen LogP contribution in [-0.2, 0) is 0 Å². The molecule has 0 amide bonds. The van der Waals surface area contributed by atoms with Crippen molar-refractivity contribution in [2.24, 2.45) is 17.3 Å². The minimum Gasteiger partial charge on any atom is -0.390 e. The van der Waals surface area contributed by atoms with E-state index in [9.17, 15) is 9.90 Å². The van der Waals surface area contributed by atoms with Gasteiger partial charge in [-0.2, -0.15) is 0 Å². The van der Waals surface area contributed by atoms with Crippen molar-refractivity contribution in [3.8, 4) is 0 Å². The molecule has 1 aromatic heterocycles. The van der Waals surface area contributed by atoms with E-state index in [1.807, 2.05) is 12.1 Å². The second kappa shape index (κ2) is 4.14. The number of hydrogen-bond donors (Lipinski definition) is 1. The van der Waals surface area contributed by atoms with E-state index in [2.05, 4.69) is 4.98 Å². The largest absolute Gasteiger partial charge is 0.390 e. The molecule has 5 rings (SSSR count). The highest BCUT2D eigenvalue weighted by atomic mass is 16.3. The molecule has 20 heavy (non-hydrogen) atoms. The summed E-state index contributed by atoms with van der Waals surface area (Å²) in [5, 5.41) is 10.7. The lowest BCUT2D eigenvalue weighted by atomic mass is 9.47. The molecule has 1 aromatic rings. The van der Waals surface area contributed by atoms with Gasteiger partial charge in [0.15, 0.2) is 5.78 Å². The van der Waals surface area contributed by atoms with Gasteiger partial charge in [-0.15, -0.1) is 0 Å². The quantitative estimate of drug-likeness (QED) is 0.860. The zero-order valence-corrected chi connectivity index (χ0v) is 11.7. The maximum Gasteiger partial charge on any atom is 0.181 e. The summed E-state index contributed by atoms with van der Waals surface area (Å²) in [6, 6.07) is 5.51. The van der Waals surface area contributed by atoms with Crippen LogP contribution >= 0.6 is 0 Å². The molecule has 2 unspecified atom stereocenters. The van der Waals surface area contributed by atoms with Gasteiger partial charge in [-0.3, -0.25) is 9.78 Å². The number of hydrogen-bond acceptors (Lipinski definition) is 3. The van der Waals surface area contributed by atoms with Crippen LogP contribution in [0.4, 0.5) is 0 Å². The molecule has 4 bridgehead atoms. The second-order valence-corrected chi connectivity index (χ2v) is 7.50. The molecule has 0 radical (unpaired) electrons. The van der Waals surface area contributed by atoms with Gasteiger partial charge in [0.05, 0.1) is 5.60 Å². The van der Waals surface area contributed by atoms with Crippen molar-refractivity contribution in [1.82, 2.24) is 4.98 Å². The van der Waals surface area contributed by atoms with Crippen LogP contribution in [-0.4, -0.2) is 21.5 Å². The van der Waals surface area contributed by atoms with Crippen molar-refractivity contribution in [3.63, 3.8) is 0 Å². The zero-order chi connectivity index (χ0) is 13.8. The van der Waals surface area contributed by atoms with Crippen molar-refractivity contribution >= 4 is 5.78 Å². The van der Waals surface area contributed by atoms with Crippen LogP contribution in [0.2, 0.25) is 0 Å². The fourth-order valence-corrected chi connectivity index (χ4v) is 5.57. The Balaban J connectivity index is 1.58. The normalized spacial score (nSPS) is 41.9. The van der Waals surface area contributed by atoms with Gasteiger partial charge in [0, 0.05) is 12.6 Å². The van der Waals surface area contributed by atoms with Crippen molar-refractivity contribution in [2.45, 2.75) is 50.5 Å². The molecular formula is C17H21NO2. The van der Waals surface area contributed by atoms with E-state index >= 15 is 0 Å². The molecule has 106 valence electrons. The molecule has 4 fully saturated rings.